The zero-order valence-corrected chi connectivity index (χ0v) is 11.4. The van der Waals surface area contributed by atoms with Crippen LogP contribution in [0.5, 0.6) is 0 Å². The summed E-state index contributed by atoms with van der Waals surface area (Å²) in [6, 6.07) is 2.40. The van der Waals surface area contributed by atoms with Crippen LogP contribution in [0.15, 0.2) is 0 Å². The van der Waals surface area contributed by atoms with Crippen LogP contribution in [0.25, 0.3) is 0 Å². The summed E-state index contributed by atoms with van der Waals surface area (Å²) in [5.74, 6) is 0. The lowest BCUT2D eigenvalue weighted by Gasteiger charge is -2.27. The van der Waals surface area contributed by atoms with Crippen LogP contribution in [0.3, 0.4) is 0 Å². The van der Waals surface area contributed by atoms with E-state index in [0.29, 0.717) is 0 Å². The number of nitrogens with zero attached hydrogens (tertiary/aromatic N) is 1. The predicted molar refractivity (Wildman–Crippen MR) is 67.3 cm³/mol. The molecule has 0 amide bonds. The predicted octanol–water partition coefficient (Wildman–Crippen LogP) is 2.86. The lowest BCUT2D eigenvalue weighted by molar-refractivity contribution is -0.00626. The average Bonchev–Trinajstić information content (AvgIpc) is 2.21. The molecule has 0 rings (SSSR count). The summed E-state index contributed by atoms with van der Waals surface area (Å²) in [5, 5.41) is 12.5. The topological polar surface area (TPSA) is 45.0 Å². The SMILES string of the molecule is CCNC(C#N)(CC)CCCOC(C)(C)C. The molecule has 3 heteroatoms. The highest BCUT2D eigenvalue weighted by Crippen LogP contribution is 2.17. The average molecular weight is 226 g/mol. The Balaban J connectivity index is 4.00. The van der Waals surface area contributed by atoms with Crippen molar-refractivity contribution in [2.24, 2.45) is 0 Å². The molecule has 0 aromatic heterocycles. The molecule has 1 N–H and O–H groups in total. The second-order valence-corrected chi connectivity index (χ2v) is 5.14. The van der Waals surface area contributed by atoms with E-state index >= 15 is 0 Å². The zero-order valence-electron chi connectivity index (χ0n) is 11.4. The van der Waals surface area contributed by atoms with Crippen molar-refractivity contribution in [1.82, 2.24) is 5.32 Å². The van der Waals surface area contributed by atoms with Crippen LogP contribution >= 0.6 is 0 Å². The minimum absolute atomic E-state index is 0.0836. The maximum Gasteiger partial charge on any atom is 0.106 e. The molecule has 16 heavy (non-hydrogen) atoms. The fraction of sp³-hybridized carbons (Fsp3) is 0.923. The van der Waals surface area contributed by atoms with E-state index in [1.807, 2.05) is 6.92 Å². The van der Waals surface area contributed by atoms with Gasteiger partial charge in [0.25, 0.3) is 0 Å². The maximum absolute atomic E-state index is 9.21. The Morgan fingerprint density at radius 3 is 2.25 bits per heavy atom. The summed E-state index contributed by atoms with van der Waals surface area (Å²) >= 11 is 0. The molecule has 0 saturated heterocycles. The van der Waals surface area contributed by atoms with E-state index in [4.69, 9.17) is 4.74 Å². The van der Waals surface area contributed by atoms with Crippen molar-refractivity contribution in [3.8, 4) is 6.07 Å². The van der Waals surface area contributed by atoms with Crippen molar-refractivity contribution in [2.75, 3.05) is 13.2 Å². The van der Waals surface area contributed by atoms with Gasteiger partial charge in [-0.25, -0.2) is 0 Å². The Morgan fingerprint density at radius 1 is 1.25 bits per heavy atom. The fourth-order valence-corrected chi connectivity index (χ4v) is 1.66. The molecule has 3 nitrogen and oxygen atoms in total. The summed E-state index contributed by atoms with van der Waals surface area (Å²) in [6.45, 7) is 11.8. The van der Waals surface area contributed by atoms with Gasteiger partial charge in [-0.05, 0) is 46.6 Å². The van der Waals surface area contributed by atoms with Gasteiger partial charge >= 0.3 is 0 Å². The Hall–Kier alpha value is -0.590. The molecular formula is C13H26N2O. The number of rotatable bonds is 7. The lowest BCUT2D eigenvalue weighted by atomic mass is 9.92. The first-order valence-electron chi connectivity index (χ1n) is 6.19. The van der Waals surface area contributed by atoms with Crippen LogP contribution < -0.4 is 5.32 Å². The van der Waals surface area contributed by atoms with E-state index < -0.39 is 0 Å². The monoisotopic (exact) mass is 226 g/mol. The van der Waals surface area contributed by atoms with Crippen molar-refractivity contribution >= 4 is 0 Å². The maximum atomic E-state index is 9.21. The molecule has 94 valence electrons. The zero-order chi connectivity index (χ0) is 12.7. The lowest BCUT2D eigenvalue weighted by Crippen LogP contribution is -2.43. The third-order valence-electron chi connectivity index (χ3n) is 2.62. The Morgan fingerprint density at radius 2 is 1.88 bits per heavy atom. The summed E-state index contributed by atoms with van der Waals surface area (Å²) in [7, 11) is 0. The molecule has 0 radical (unpaired) electrons. The molecule has 0 fully saturated rings. The Labute approximate surface area is 100 Å². The van der Waals surface area contributed by atoms with Crippen LogP contribution in [0.1, 0.15) is 53.9 Å². The van der Waals surface area contributed by atoms with Crippen molar-refractivity contribution in [3.63, 3.8) is 0 Å². The Kier molecular flexibility index (Phi) is 6.62. The van der Waals surface area contributed by atoms with Gasteiger partial charge in [0.1, 0.15) is 5.54 Å². The molecule has 0 saturated carbocycles. The van der Waals surface area contributed by atoms with Gasteiger partial charge in [-0.15, -0.1) is 0 Å². The van der Waals surface area contributed by atoms with Gasteiger partial charge in [-0.2, -0.15) is 5.26 Å². The van der Waals surface area contributed by atoms with Crippen LogP contribution in [-0.4, -0.2) is 24.3 Å². The fourth-order valence-electron chi connectivity index (χ4n) is 1.66. The molecule has 0 aromatic rings. The molecule has 0 aliphatic heterocycles. The van der Waals surface area contributed by atoms with Gasteiger partial charge < -0.3 is 4.74 Å². The normalized spacial score (nSPS) is 15.5. The minimum Gasteiger partial charge on any atom is -0.376 e. The van der Waals surface area contributed by atoms with Gasteiger partial charge in [0.2, 0.25) is 0 Å². The first-order chi connectivity index (χ1) is 7.39. The highest BCUT2D eigenvalue weighted by atomic mass is 16.5. The highest BCUT2D eigenvalue weighted by Gasteiger charge is 2.26. The van der Waals surface area contributed by atoms with Crippen LogP contribution in [0.2, 0.25) is 0 Å². The van der Waals surface area contributed by atoms with Crippen molar-refractivity contribution in [3.05, 3.63) is 0 Å². The van der Waals surface area contributed by atoms with Gasteiger partial charge in [0.05, 0.1) is 11.7 Å². The smallest absolute Gasteiger partial charge is 0.106 e. The van der Waals surface area contributed by atoms with E-state index in [1.165, 1.54) is 0 Å². The molecule has 0 aliphatic carbocycles. The van der Waals surface area contributed by atoms with Gasteiger partial charge in [-0.1, -0.05) is 13.8 Å². The first kappa shape index (κ1) is 15.4. The number of hydrogen-bond donors (Lipinski definition) is 1. The second-order valence-electron chi connectivity index (χ2n) is 5.14. The largest absolute Gasteiger partial charge is 0.376 e. The molecule has 0 spiro atoms. The van der Waals surface area contributed by atoms with Gasteiger partial charge in [0.15, 0.2) is 0 Å². The van der Waals surface area contributed by atoms with Crippen molar-refractivity contribution < 1.29 is 4.74 Å². The Bertz CT molecular complexity index is 227. The second kappa shape index (κ2) is 6.88. The quantitative estimate of drug-likeness (QED) is 0.679. The highest BCUT2D eigenvalue weighted by molar-refractivity contribution is 5.05. The molecular weight excluding hydrogens is 200 g/mol. The van der Waals surface area contributed by atoms with E-state index in [2.05, 4.69) is 39.1 Å². The number of hydrogen-bond acceptors (Lipinski definition) is 3. The molecule has 0 aromatic carbocycles. The van der Waals surface area contributed by atoms with Crippen LogP contribution in [0, 0.1) is 11.3 Å². The minimum atomic E-state index is -0.365. The van der Waals surface area contributed by atoms with Gasteiger partial charge in [0, 0.05) is 6.61 Å². The summed E-state index contributed by atoms with van der Waals surface area (Å²) in [5.41, 5.74) is -0.449. The standard InChI is InChI=1S/C13H26N2O/c1-6-13(11-14,15-7-2)9-8-10-16-12(3,4)5/h15H,6-10H2,1-5H3. The molecule has 1 unspecified atom stereocenters. The van der Waals surface area contributed by atoms with Crippen LogP contribution in [-0.2, 0) is 4.74 Å². The molecule has 0 bridgehead atoms. The molecule has 1 atom stereocenters. The molecule has 0 heterocycles. The van der Waals surface area contributed by atoms with Crippen molar-refractivity contribution in [1.29, 1.82) is 5.26 Å². The number of ether oxygens (including phenoxy) is 1. The van der Waals surface area contributed by atoms with E-state index in [-0.39, 0.29) is 11.1 Å². The number of nitriles is 1. The summed E-state index contributed by atoms with van der Waals surface area (Å²) in [4.78, 5) is 0. The third-order valence-corrected chi connectivity index (χ3v) is 2.62. The third kappa shape index (κ3) is 6.09. The summed E-state index contributed by atoms with van der Waals surface area (Å²) in [6.07, 6.45) is 2.61. The van der Waals surface area contributed by atoms with Crippen molar-refractivity contribution in [2.45, 2.75) is 65.0 Å². The number of nitrogens with one attached hydrogen (secondary N) is 1. The van der Waals surface area contributed by atoms with Gasteiger partial charge in [-0.3, -0.25) is 5.32 Å². The van der Waals surface area contributed by atoms with E-state index in [9.17, 15) is 5.26 Å². The molecule has 0 aliphatic rings. The van der Waals surface area contributed by atoms with Crippen LogP contribution in [0.4, 0.5) is 0 Å². The van der Waals surface area contributed by atoms with E-state index in [0.717, 1.165) is 32.4 Å². The summed E-state index contributed by atoms with van der Waals surface area (Å²) < 4.78 is 5.65. The van der Waals surface area contributed by atoms with E-state index in [1.54, 1.807) is 0 Å². The first-order valence-corrected chi connectivity index (χ1v) is 6.19.